The molecule has 1 aromatic heterocycles. The first-order valence-electron chi connectivity index (χ1n) is 7.58. The Kier molecular flexibility index (Phi) is 4.99. The molecule has 0 amide bonds. The Labute approximate surface area is 116 Å². The van der Waals surface area contributed by atoms with Crippen LogP contribution < -0.4 is 0 Å². The molecule has 1 aliphatic rings. The van der Waals surface area contributed by atoms with Gasteiger partial charge in [0.15, 0.2) is 0 Å². The first kappa shape index (κ1) is 14.5. The molecule has 2 heterocycles. The van der Waals surface area contributed by atoms with Crippen LogP contribution in [0.4, 0.5) is 0 Å². The highest BCUT2D eigenvalue weighted by Gasteiger charge is 2.24. The van der Waals surface area contributed by atoms with Gasteiger partial charge in [-0.2, -0.15) is 5.10 Å². The van der Waals surface area contributed by atoms with E-state index < -0.39 is 0 Å². The Balaban J connectivity index is 1.93. The molecular weight excluding hydrogens is 238 g/mol. The third kappa shape index (κ3) is 3.57. The minimum Gasteiger partial charge on any atom is -0.392 e. The Hall–Kier alpha value is -0.870. The Morgan fingerprint density at radius 1 is 1.42 bits per heavy atom. The van der Waals surface area contributed by atoms with E-state index in [1.165, 1.54) is 0 Å². The second kappa shape index (κ2) is 6.53. The summed E-state index contributed by atoms with van der Waals surface area (Å²) in [6, 6.07) is 2.63. The zero-order chi connectivity index (χ0) is 13.8. The van der Waals surface area contributed by atoms with Crippen molar-refractivity contribution in [3.63, 3.8) is 0 Å². The molecule has 2 atom stereocenters. The van der Waals surface area contributed by atoms with Crippen LogP contribution in [0.25, 0.3) is 0 Å². The highest BCUT2D eigenvalue weighted by molar-refractivity contribution is 5.00. The van der Waals surface area contributed by atoms with E-state index in [0.717, 1.165) is 44.6 Å². The van der Waals surface area contributed by atoms with Crippen molar-refractivity contribution < 1.29 is 5.11 Å². The fourth-order valence-electron chi connectivity index (χ4n) is 2.81. The highest BCUT2D eigenvalue weighted by Crippen LogP contribution is 2.19. The minimum atomic E-state index is -0.185. The maximum atomic E-state index is 9.93. The van der Waals surface area contributed by atoms with Crippen molar-refractivity contribution in [2.45, 2.75) is 58.7 Å². The molecule has 0 radical (unpaired) electrons. The number of nitrogens with zero attached hydrogens (tertiary/aromatic N) is 3. The van der Waals surface area contributed by atoms with Gasteiger partial charge < -0.3 is 5.11 Å². The molecule has 0 aromatic carbocycles. The molecule has 0 bridgehead atoms. The summed E-state index contributed by atoms with van der Waals surface area (Å²) in [5.74, 6) is 0.429. The van der Waals surface area contributed by atoms with Crippen molar-refractivity contribution in [1.82, 2.24) is 14.7 Å². The third-order valence-electron chi connectivity index (χ3n) is 4.37. The number of hydrogen-bond acceptors (Lipinski definition) is 3. The first-order chi connectivity index (χ1) is 9.13. The fourth-order valence-corrected chi connectivity index (χ4v) is 2.81. The summed E-state index contributed by atoms with van der Waals surface area (Å²) in [5, 5.41) is 14.6. The van der Waals surface area contributed by atoms with Crippen molar-refractivity contribution in [3.05, 3.63) is 18.0 Å². The van der Waals surface area contributed by atoms with Crippen molar-refractivity contribution in [2.24, 2.45) is 5.92 Å². The van der Waals surface area contributed by atoms with Gasteiger partial charge in [-0.15, -0.1) is 0 Å². The Morgan fingerprint density at radius 3 is 2.79 bits per heavy atom. The van der Waals surface area contributed by atoms with E-state index in [0.29, 0.717) is 12.0 Å². The molecule has 4 nitrogen and oxygen atoms in total. The predicted octanol–water partition coefficient (Wildman–Crippen LogP) is 2.45. The Morgan fingerprint density at radius 2 is 2.16 bits per heavy atom. The quantitative estimate of drug-likeness (QED) is 0.889. The molecule has 0 spiro atoms. The molecule has 4 heteroatoms. The second-order valence-corrected chi connectivity index (χ2v) is 5.83. The molecule has 1 aliphatic heterocycles. The van der Waals surface area contributed by atoms with Crippen molar-refractivity contribution in [3.8, 4) is 0 Å². The van der Waals surface area contributed by atoms with Crippen LogP contribution >= 0.6 is 0 Å². The largest absolute Gasteiger partial charge is 0.392 e. The number of likely N-dealkylation sites (tertiary alicyclic amines) is 1. The fraction of sp³-hybridized carbons (Fsp3) is 0.800. The summed E-state index contributed by atoms with van der Waals surface area (Å²) in [6.07, 6.45) is 5.23. The van der Waals surface area contributed by atoms with Crippen LogP contribution in [0.5, 0.6) is 0 Å². The standard InChI is InChI=1S/C15H27N3O/c1-4-14(5-2)18-9-7-13(16-18)10-17-8-6-12(3)15(19)11-17/h7,9,12,14-15,19H,4-6,8,10-11H2,1-3H3. The van der Waals surface area contributed by atoms with Crippen LogP contribution in [0.3, 0.4) is 0 Å². The molecule has 0 saturated carbocycles. The van der Waals surface area contributed by atoms with Gasteiger partial charge in [-0.25, -0.2) is 0 Å². The Bertz CT molecular complexity index is 386. The number of piperidine rings is 1. The van der Waals surface area contributed by atoms with Gasteiger partial charge in [0.2, 0.25) is 0 Å². The van der Waals surface area contributed by atoms with Crippen LogP contribution in [0.2, 0.25) is 0 Å². The topological polar surface area (TPSA) is 41.3 Å². The van der Waals surface area contributed by atoms with E-state index in [1.807, 2.05) is 0 Å². The average Bonchev–Trinajstić information content (AvgIpc) is 2.84. The summed E-state index contributed by atoms with van der Waals surface area (Å²) < 4.78 is 2.10. The number of hydrogen-bond donors (Lipinski definition) is 1. The molecule has 1 aromatic rings. The van der Waals surface area contributed by atoms with Gasteiger partial charge >= 0.3 is 0 Å². The lowest BCUT2D eigenvalue weighted by molar-refractivity contribution is 0.0253. The number of aliphatic hydroxyl groups excluding tert-OH is 1. The predicted molar refractivity (Wildman–Crippen MR) is 76.9 cm³/mol. The van der Waals surface area contributed by atoms with Gasteiger partial charge in [-0.3, -0.25) is 9.58 Å². The van der Waals surface area contributed by atoms with E-state index in [-0.39, 0.29) is 6.10 Å². The van der Waals surface area contributed by atoms with Crippen molar-refractivity contribution in [2.75, 3.05) is 13.1 Å². The molecule has 2 unspecified atom stereocenters. The van der Waals surface area contributed by atoms with Gasteiger partial charge in [0.05, 0.1) is 17.8 Å². The van der Waals surface area contributed by atoms with Gasteiger partial charge in [0.1, 0.15) is 0 Å². The maximum Gasteiger partial charge on any atom is 0.0764 e. The van der Waals surface area contributed by atoms with Crippen LogP contribution in [-0.2, 0) is 6.54 Å². The van der Waals surface area contributed by atoms with E-state index in [2.05, 4.69) is 47.7 Å². The van der Waals surface area contributed by atoms with Crippen molar-refractivity contribution >= 4 is 0 Å². The smallest absolute Gasteiger partial charge is 0.0764 e. The van der Waals surface area contributed by atoms with E-state index in [1.54, 1.807) is 0 Å². The van der Waals surface area contributed by atoms with Crippen LogP contribution in [0, 0.1) is 5.92 Å². The lowest BCUT2D eigenvalue weighted by Crippen LogP contribution is -2.42. The number of rotatable bonds is 5. The summed E-state index contributed by atoms with van der Waals surface area (Å²) >= 11 is 0. The molecule has 108 valence electrons. The van der Waals surface area contributed by atoms with Gasteiger partial charge in [0.25, 0.3) is 0 Å². The van der Waals surface area contributed by atoms with Crippen LogP contribution in [0.1, 0.15) is 51.8 Å². The summed E-state index contributed by atoms with van der Waals surface area (Å²) in [7, 11) is 0. The third-order valence-corrected chi connectivity index (χ3v) is 4.37. The second-order valence-electron chi connectivity index (χ2n) is 5.83. The molecule has 1 N–H and O–H groups in total. The number of β-amino-alcohol motifs (C(OH)–C–C–N with tert-alkyl or cyclic N) is 1. The minimum absolute atomic E-state index is 0.185. The zero-order valence-electron chi connectivity index (χ0n) is 12.4. The van der Waals surface area contributed by atoms with Gasteiger partial charge in [0, 0.05) is 19.3 Å². The van der Waals surface area contributed by atoms with Crippen molar-refractivity contribution in [1.29, 1.82) is 0 Å². The molecule has 2 rings (SSSR count). The maximum absolute atomic E-state index is 9.93. The lowest BCUT2D eigenvalue weighted by Gasteiger charge is -2.33. The molecule has 1 fully saturated rings. The van der Waals surface area contributed by atoms with Crippen LogP contribution in [-0.4, -0.2) is 39.0 Å². The van der Waals surface area contributed by atoms with E-state index in [9.17, 15) is 5.11 Å². The average molecular weight is 265 g/mol. The molecule has 19 heavy (non-hydrogen) atoms. The molecule has 1 saturated heterocycles. The highest BCUT2D eigenvalue weighted by atomic mass is 16.3. The van der Waals surface area contributed by atoms with E-state index >= 15 is 0 Å². The molecule has 0 aliphatic carbocycles. The first-order valence-corrected chi connectivity index (χ1v) is 7.58. The summed E-state index contributed by atoms with van der Waals surface area (Å²) in [4.78, 5) is 2.31. The summed E-state index contributed by atoms with van der Waals surface area (Å²) in [5.41, 5.74) is 1.12. The van der Waals surface area contributed by atoms with E-state index in [4.69, 9.17) is 0 Å². The normalized spacial score (nSPS) is 25.1. The van der Waals surface area contributed by atoms with Crippen LogP contribution in [0.15, 0.2) is 12.3 Å². The SMILES string of the molecule is CCC(CC)n1ccc(CN2CCC(C)C(O)C2)n1. The van der Waals surface area contributed by atoms with Gasteiger partial charge in [-0.05, 0) is 37.8 Å². The summed E-state index contributed by atoms with van der Waals surface area (Å²) in [6.45, 7) is 9.24. The zero-order valence-corrected chi connectivity index (χ0v) is 12.4. The molecular formula is C15H27N3O. The lowest BCUT2D eigenvalue weighted by atomic mass is 9.96. The monoisotopic (exact) mass is 265 g/mol. The van der Waals surface area contributed by atoms with Gasteiger partial charge in [-0.1, -0.05) is 20.8 Å². The number of aliphatic hydroxyl groups is 1. The number of aromatic nitrogens is 2.